The van der Waals surface area contributed by atoms with Gasteiger partial charge in [-0.15, -0.1) is 6.58 Å². The molecule has 1 fully saturated rings. The predicted octanol–water partition coefficient (Wildman–Crippen LogP) is 0.715. The van der Waals surface area contributed by atoms with E-state index in [0.29, 0.717) is 25.6 Å². The number of amides is 1. The summed E-state index contributed by atoms with van der Waals surface area (Å²) in [6, 6.07) is 0. The minimum absolute atomic E-state index is 0.147. The molecule has 1 rings (SSSR count). The first-order valence-electron chi connectivity index (χ1n) is 4.28. The summed E-state index contributed by atoms with van der Waals surface area (Å²) in [6.45, 7) is 5.61. The zero-order chi connectivity index (χ0) is 8.81. The molecule has 0 aromatic rings. The summed E-state index contributed by atoms with van der Waals surface area (Å²) in [4.78, 5) is 10.9. The van der Waals surface area contributed by atoms with Crippen molar-refractivity contribution in [2.45, 2.75) is 12.8 Å². The smallest absolute Gasteiger partial charge is 0.220 e. The van der Waals surface area contributed by atoms with Gasteiger partial charge in [0.2, 0.25) is 5.91 Å². The van der Waals surface area contributed by atoms with Crippen molar-refractivity contribution < 1.29 is 9.53 Å². The van der Waals surface area contributed by atoms with Crippen LogP contribution in [0.1, 0.15) is 12.8 Å². The van der Waals surface area contributed by atoms with Crippen molar-refractivity contribution >= 4 is 5.91 Å². The third-order valence-electron chi connectivity index (χ3n) is 1.94. The van der Waals surface area contributed by atoms with Gasteiger partial charge in [0.25, 0.3) is 0 Å². The lowest BCUT2D eigenvalue weighted by Crippen LogP contribution is -2.35. The molecule has 0 bridgehead atoms. The predicted molar refractivity (Wildman–Crippen MR) is 46.7 cm³/mol. The van der Waals surface area contributed by atoms with Gasteiger partial charge in [0.1, 0.15) is 0 Å². The summed E-state index contributed by atoms with van der Waals surface area (Å²) in [5, 5.41) is 2.79. The van der Waals surface area contributed by atoms with Crippen LogP contribution in [-0.2, 0) is 9.53 Å². The molecule has 68 valence electrons. The number of hydrogen-bond acceptors (Lipinski definition) is 2. The molecule has 1 N–H and O–H groups in total. The maximum absolute atomic E-state index is 10.9. The van der Waals surface area contributed by atoms with Gasteiger partial charge in [0.05, 0.1) is 13.2 Å². The molecule has 0 unspecified atom stereocenters. The second kappa shape index (κ2) is 4.93. The Morgan fingerprint density at radius 2 is 2.58 bits per heavy atom. The second-order valence-corrected chi connectivity index (χ2v) is 3.03. The van der Waals surface area contributed by atoms with E-state index in [1.807, 2.05) is 0 Å². The van der Waals surface area contributed by atoms with Crippen molar-refractivity contribution in [2.24, 2.45) is 5.92 Å². The molecule has 3 nitrogen and oxygen atoms in total. The van der Waals surface area contributed by atoms with Crippen LogP contribution in [-0.4, -0.2) is 25.7 Å². The molecule has 1 saturated heterocycles. The highest BCUT2D eigenvalue weighted by Gasteiger charge is 2.18. The quantitative estimate of drug-likeness (QED) is 0.497. The minimum Gasteiger partial charge on any atom is -0.377 e. The Labute approximate surface area is 72.8 Å². The van der Waals surface area contributed by atoms with Crippen LogP contribution in [0.25, 0.3) is 0 Å². The molecule has 0 aromatic carbocycles. The van der Waals surface area contributed by atoms with Crippen LogP contribution in [0.4, 0.5) is 0 Å². The van der Waals surface area contributed by atoms with Crippen LogP contribution in [0.15, 0.2) is 12.7 Å². The molecule has 0 spiro atoms. The van der Waals surface area contributed by atoms with E-state index in [2.05, 4.69) is 11.9 Å². The Morgan fingerprint density at radius 3 is 3.25 bits per heavy atom. The first-order chi connectivity index (χ1) is 5.83. The van der Waals surface area contributed by atoms with Crippen LogP contribution >= 0.6 is 0 Å². The summed E-state index contributed by atoms with van der Waals surface area (Å²) in [6.07, 6.45) is 3.36. The summed E-state index contributed by atoms with van der Waals surface area (Å²) in [5.74, 6) is 0.548. The normalized spacial score (nSPS) is 23.3. The van der Waals surface area contributed by atoms with E-state index < -0.39 is 0 Å². The van der Waals surface area contributed by atoms with Crippen LogP contribution in [0, 0.1) is 5.92 Å². The average Bonchev–Trinajstić information content (AvgIpc) is 2.05. The van der Waals surface area contributed by atoms with Gasteiger partial charge >= 0.3 is 0 Å². The number of piperidine rings is 1. The van der Waals surface area contributed by atoms with E-state index in [-0.39, 0.29) is 5.91 Å². The Balaban J connectivity index is 2.14. The number of nitrogens with one attached hydrogen (secondary N) is 1. The van der Waals surface area contributed by atoms with E-state index in [4.69, 9.17) is 4.74 Å². The van der Waals surface area contributed by atoms with Gasteiger partial charge < -0.3 is 10.1 Å². The summed E-state index contributed by atoms with van der Waals surface area (Å²) >= 11 is 0. The SMILES string of the molecule is C=CCOC[C@@H]1CCNC(=O)C1. The van der Waals surface area contributed by atoms with E-state index in [1.165, 1.54) is 0 Å². The molecule has 1 atom stereocenters. The average molecular weight is 169 g/mol. The van der Waals surface area contributed by atoms with Crippen molar-refractivity contribution in [2.75, 3.05) is 19.8 Å². The topological polar surface area (TPSA) is 38.3 Å². The summed E-state index contributed by atoms with van der Waals surface area (Å²) in [5.41, 5.74) is 0. The minimum atomic E-state index is 0.147. The highest BCUT2D eigenvalue weighted by atomic mass is 16.5. The first-order valence-corrected chi connectivity index (χ1v) is 4.28. The fourth-order valence-electron chi connectivity index (χ4n) is 1.31. The standard InChI is InChI=1S/C9H15NO2/c1-2-5-12-7-8-3-4-10-9(11)6-8/h2,8H,1,3-7H2,(H,10,11)/t8-/m1/s1. The maximum atomic E-state index is 10.9. The Bertz CT molecular complexity index is 168. The Kier molecular flexibility index (Phi) is 3.80. The Morgan fingerprint density at radius 1 is 1.75 bits per heavy atom. The van der Waals surface area contributed by atoms with Crippen molar-refractivity contribution in [3.63, 3.8) is 0 Å². The van der Waals surface area contributed by atoms with Gasteiger partial charge in [-0.1, -0.05) is 6.08 Å². The largest absolute Gasteiger partial charge is 0.377 e. The van der Waals surface area contributed by atoms with Crippen LogP contribution < -0.4 is 5.32 Å². The monoisotopic (exact) mass is 169 g/mol. The fourth-order valence-corrected chi connectivity index (χ4v) is 1.31. The van der Waals surface area contributed by atoms with Crippen LogP contribution in [0.3, 0.4) is 0 Å². The zero-order valence-corrected chi connectivity index (χ0v) is 7.21. The summed E-state index contributed by atoms with van der Waals surface area (Å²) in [7, 11) is 0. The Hall–Kier alpha value is -0.830. The lowest BCUT2D eigenvalue weighted by Gasteiger charge is -2.21. The third-order valence-corrected chi connectivity index (χ3v) is 1.94. The van der Waals surface area contributed by atoms with Crippen molar-refractivity contribution in [3.05, 3.63) is 12.7 Å². The van der Waals surface area contributed by atoms with Gasteiger partial charge in [-0.25, -0.2) is 0 Å². The van der Waals surface area contributed by atoms with E-state index >= 15 is 0 Å². The van der Waals surface area contributed by atoms with Crippen molar-refractivity contribution in [3.8, 4) is 0 Å². The van der Waals surface area contributed by atoms with Crippen molar-refractivity contribution in [1.29, 1.82) is 0 Å². The van der Waals surface area contributed by atoms with Gasteiger partial charge in [-0.05, 0) is 12.3 Å². The number of hydrogen-bond donors (Lipinski definition) is 1. The van der Waals surface area contributed by atoms with Crippen LogP contribution in [0.2, 0.25) is 0 Å². The van der Waals surface area contributed by atoms with E-state index in [1.54, 1.807) is 6.08 Å². The molecule has 3 heteroatoms. The summed E-state index contributed by atoms with van der Waals surface area (Å²) < 4.78 is 5.27. The molecule has 1 aliphatic heterocycles. The van der Waals surface area contributed by atoms with Crippen molar-refractivity contribution in [1.82, 2.24) is 5.32 Å². The number of carbonyl (C=O) groups excluding carboxylic acids is 1. The molecule has 1 aliphatic rings. The van der Waals surface area contributed by atoms with E-state index in [0.717, 1.165) is 13.0 Å². The zero-order valence-electron chi connectivity index (χ0n) is 7.21. The molecular formula is C9H15NO2. The molecular weight excluding hydrogens is 154 g/mol. The first kappa shape index (κ1) is 9.26. The lowest BCUT2D eigenvalue weighted by molar-refractivity contribution is -0.124. The molecule has 0 aliphatic carbocycles. The lowest BCUT2D eigenvalue weighted by atomic mass is 9.99. The number of rotatable bonds is 4. The number of carbonyl (C=O) groups is 1. The van der Waals surface area contributed by atoms with Gasteiger partial charge in [0, 0.05) is 13.0 Å². The van der Waals surface area contributed by atoms with Gasteiger partial charge in [-0.2, -0.15) is 0 Å². The highest BCUT2D eigenvalue weighted by Crippen LogP contribution is 2.12. The molecule has 12 heavy (non-hydrogen) atoms. The molecule has 1 amide bonds. The van der Waals surface area contributed by atoms with Crippen LogP contribution in [0.5, 0.6) is 0 Å². The third kappa shape index (κ3) is 3.05. The fraction of sp³-hybridized carbons (Fsp3) is 0.667. The number of ether oxygens (including phenoxy) is 1. The molecule has 0 aromatic heterocycles. The maximum Gasteiger partial charge on any atom is 0.220 e. The van der Waals surface area contributed by atoms with Gasteiger partial charge in [0.15, 0.2) is 0 Å². The van der Waals surface area contributed by atoms with E-state index in [9.17, 15) is 4.79 Å². The molecule has 0 saturated carbocycles. The second-order valence-electron chi connectivity index (χ2n) is 3.03. The highest BCUT2D eigenvalue weighted by molar-refractivity contribution is 5.76. The molecule has 0 radical (unpaired) electrons. The molecule has 1 heterocycles. The van der Waals surface area contributed by atoms with Gasteiger partial charge in [-0.3, -0.25) is 4.79 Å².